The summed E-state index contributed by atoms with van der Waals surface area (Å²) in [6.45, 7) is 1.65. The molecule has 0 aliphatic carbocycles. The zero-order chi connectivity index (χ0) is 15.6. The number of nitrogens with zero attached hydrogens (tertiary/aromatic N) is 1. The third-order valence-electron chi connectivity index (χ3n) is 3.31. The fourth-order valence-electron chi connectivity index (χ4n) is 2.36. The zero-order valence-electron chi connectivity index (χ0n) is 11.6. The number of methoxy groups -OCH3 is 1. The summed E-state index contributed by atoms with van der Waals surface area (Å²) < 4.78 is 31.8. The number of likely N-dealkylation sites (tertiary alicyclic amines) is 1. The summed E-state index contributed by atoms with van der Waals surface area (Å²) in [6.07, 6.45) is 0.365. The summed E-state index contributed by atoms with van der Waals surface area (Å²) >= 11 is 1.09. The molecule has 0 radical (unpaired) electrons. The van der Waals surface area contributed by atoms with E-state index in [9.17, 15) is 18.0 Å². The van der Waals surface area contributed by atoms with Crippen molar-refractivity contribution in [1.82, 2.24) is 9.62 Å². The maximum atomic E-state index is 12.2. The van der Waals surface area contributed by atoms with E-state index < -0.39 is 28.1 Å². The van der Waals surface area contributed by atoms with E-state index in [4.69, 9.17) is 0 Å². The van der Waals surface area contributed by atoms with E-state index in [1.165, 1.54) is 25.0 Å². The summed E-state index contributed by atoms with van der Waals surface area (Å²) in [5, 5.41) is 1.66. The predicted octanol–water partition coefficient (Wildman–Crippen LogP) is 0.189. The lowest BCUT2D eigenvalue weighted by molar-refractivity contribution is -0.150. The lowest BCUT2D eigenvalue weighted by Crippen LogP contribution is -2.50. The van der Waals surface area contributed by atoms with Gasteiger partial charge in [0.05, 0.1) is 13.2 Å². The van der Waals surface area contributed by atoms with E-state index in [1.807, 2.05) is 0 Å². The number of carbonyl (C=O) groups excluding carboxylic acids is 2. The maximum absolute atomic E-state index is 12.2. The molecule has 1 saturated heterocycles. The van der Waals surface area contributed by atoms with Gasteiger partial charge in [0.25, 0.3) is 0 Å². The molecule has 0 bridgehead atoms. The first-order chi connectivity index (χ1) is 9.86. The van der Waals surface area contributed by atoms with Crippen LogP contribution in [0.25, 0.3) is 0 Å². The van der Waals surface area contributed by atoms with Crippen molar-refractivity contribution >= 4 is 33.2 Å². The molecule has 1 aliphatic heterocycles. The Hall–Kier alpha value is -1.45. The Morgan fingerprint density at radius 3 is 2.71 bits per heavy atom. The second kappa shape index (κ2) is 6.12. The molecule has 0 aromatic carbocycles. The summed E-state index contributed by atoms with van der Waals surface area (Å²) in [5.41, 5.74) is 0. The van der Waals surface area contributed by atoms with Crippen molar-refractivity contribution in [2.75, 3.05) is 13.7 Å². The van der Waals surface area contributed by atoms with Crippen LogP contribution in [-0.4, -0.2) is 50.9 Å². The summed E-state index contributed by atoms with van der Waals surface area (Å²) in [4.78, 5) is 24.7. The molecule has 2 unspecified atom stereocenters. The second-order valence-electron chi connectivity index (χ2n) is 4.63. The Morgan fingerprint density at radius 1 is 1.48 bits per heavy atom. The molecule has 1 fully saturated rings. The normalized spacial score (nSPS) is 22.3. The molecule has 2 rings (SSSR count). The number of rotatable bonds is 4. The van der Waals surface area contributed by atoms with Gasteiger partial charge in [-0.1, -0.05) is 6.07 Å². The SMILES string of the molecule is COC(=O)C1C(NS(=O)(=O)c2cccs2)CCN1C(C)=O. The minimum Gasteiger partial charge on any atom is -0.467 e. The quantitative estimate of drug-likeness (QED) is 0.795. The summed E-state index contributed by atoms with van der Waals surface area (Å²) in [6, 6.07) is 1.50. The number of esters is 1. The average Bonchev–Trinajstić information content (AvgIpc) is 3.06. The molecule has 0 saturated carbocycles. The summed E-state index contributed by atoms with van der Waals surface area (Å²) in [5.74, 6) is -0.912. The average molecular weight is 332 g/mol. The van der Waals surface area contributed by atoms with Gasteiger partial charge in [-0.15, -0.1) is 11.3 Å². The topological polar surface area (TPSA) is 92.8 Å². The van der Waals surface area contributed by atoms with Crippen LogP contribution in [-0.2, 0) is 24.3 Å². The van der Waals surface area contributed by atoms with E-state index in [2.05, 4.69) is 9.46 Å². The fourth-order valence-corrected chi connectivity index (χ4v) is 4.64. The van der Waals surface area contributed by atoms with Gasteiger partial charge in [0, 0.05) is 13.5 Å². The molecule has 1 N–H and O–H groups in total. The molecule has 1 aliphatic rings. The number of hydrogen-bond donors (Lipinski definition) is 1. The Balaban J connectivity index is 2.23. The van der Waals surface area contributed by atoms with Crippen LogP contribution < -0.4 is 4.72 Å². The standard InChI is InChI=1S/C12H16N2O5S2/c1-8(15)14-6-5-9(11(14)12(16)19-2)13-21(17,18)10-4-3-7-20-10/h3-4,7,9,11,13H,5-6H2,1-2H3. The second-order valence-corrected chi connectivity index (χ2v) is 7.52. The van der Waals surface area contributed by atoms with Gasteiger partial charge in [0.2, 0.25) is 15.9 Å². The molecule has 116 valence electrons. The van der Waals surface area contributed by atoms with E-state index in [-0.39, 0.29) is 10.1 Å². The first-order valence-corrected chi connectivity index (χ1v) is 8.64. The highest BCUT2D eigenvalue weighted by Gasteiger charge is 2.43. The zero-order valence-corrected chi connectivity index (χ0v) is 13.2. The Labute approximate surface area is 126 Å². The molecule has 9 heteroatoms. The minimum atomic E-state index is -3.70. The van der Waals surface area contributed by atoms with Crippen molar-refractivity contribution in [2.24, 2.45) is 0 Å². The molecule has 1 amide bonds. The molecule has 21 heavy (non-hydrogen) atoms. The third kappa shape index (κ3) is 3.25. The van der Waals surface area contributed by atoms with Crippen LogP contribution in [0.4, 0.5) is 0 Å². The highest BCUT2D eigenvalue weighted by molar-refractivity contribution is 7.91. The number of ether oxygens (including phenoxy) is 1. The summed E-state index contributed by atoms with van der Waals surface area (Å²) in [7, 11) is -2.49. The first-order valence-electron chi connectivity index (χ1n) is 6.27. The number of sulfonamides is 1. The van der Waals surface area contributed by atoms with Crippen molar-refractivity contribution in [2.45, 2.75) is 29.6 Å². The van der Waals surface area contributed by atoms with Crippen LogP contribution in [0.3, 0.4) is 0 Å². The molecule has 1 aromatic heterocycles. The smallest absolute Gasteiger partial charge is 0.330 e. The number of nitrogens with one attached hydrogen (secondary N) is 1. The third-order valence-corrected chi connectivity index (χ3v) is 6.20. The molecular weight excluding hydrogens is 316 g/mol. The Bertz CT molecular complexity index is 626. The molecule has 2 heterocycles. The molecular formula is C12H16N2O5S2. The fraction of sp³-hybridized carbons (Fsp3) is 0.500. The van der Waals surface area contributed by atoms with Crippen molar-refractivity contribution in [3.8, 4) is 0 Å². The van der Waals surface area contributed by atoms with Crippen LogP contribution in [0.2, 0.25) is 0 Å². The lowest BCUT2D eigenvalue weighted by Gasteiger charge is -2.25. The van der Waals surface area contributed by atoms with Gasteiger partial charge in [-0.25, -0.2) is 17.9 Å². The molecule has 1 aromatic rings. The lowest BCUT2D eigenvalue weighted by atomic mass is 10.1. The van der Waals surface area contributed by atoms with Crippen LogP contribution in [0.1, 0.15) is 13.3 Å². The van der Waals surface area contributed by atoms with Crippen molar-refractivity contribution in [3.05, 3.63) is 17.5 Å². The predicted molar refractivity (Wildman–Crippen MR) is 76.2 cm³/mol. The van der Waals surface area contributed by atoms with Crippen LogP contribution in [0, 0.1) is 0 Å². The monoisotopic (exact) mass is 332 g/mol. The molecule has 2 atom stereocenters. The Kier molecular flexibility index (Phi) is 4.64. The van der Waals surface area contributed by atoms with Crippen LogP contribution in [0.5, 0.6) is 0 Å². The number of amides is 1. The van der Waals surface area contributed by atoms with Gasteiger partial charge in [0.15, 0.2) is 0 Å². The van der Waals surface area contributed by atoms with Gasteiger partial charge in [-0.2, -0.15) is 0 Å². The minimum absolute atomic E-state index is 0.174. The number of hydrogen-bond acceptors (Lipinski definition) is 6. The molecule has 0 spiro atoms. The van der Waals surface area contributed by atoms with E-state index in [0.29, 0.717) is 13.0 Å². The van der Waals surface area contributed by atoms with E-state index in [0.717, 1.165) is 11.3 Å². The first kappa shape index (κ1) is 15.9. The van der Waals surface area contributed by atoms with Gasteiger partial charge in [-0.3, -0.25) is 4.79 Å². The van der Waals surface area contributed by atoms with Gasteiger partial charge < -0.3 is 9.64 Å². The van der Waals surface area contributed by atoms with Crippen molar-refractivity contribution < 1.29 is 22.7 Å². The largest absolute Gasteiger partial charge is 0.467 e. The van der Waals surface area contributed by atoms with Crippen molar-refractivity contribution in [1.29, 1.82) is 0 Å². The van der Waals surface area contributed by atoms with Crippen molar-refractivity contribution in [3.63, 3.8) is 0 Å². The van der Waals surface area contributed by atoms with Crippen LogP contribution >= 0.6 is 11.3 Å². The number of thiophene rings is 1. The highest BCUT2D eigenvalue weighted by atomic mass is 32.2. The van der Waals surface area contributed by atoms with E-state index in [1.54, 1.807) is 11.4 Å². The Morgan fingerprint density at radius 2 is 2.19 bits per heavy atom. The molecule has 7 nitrogen and oxygen atoms in total. The van der Waals surface area contributed by atoms with Gasteiger partial charge in [-0.05, 0) is 17.9 Å². The maximum Gasteiger partial charge on any atom is 0.330 e. The van der Waals surface area contributed by atoms with E-state index >= 15 is 0 Å². The van der Waals surface area contributed by atoms with Crippen LogP contribution in [0.15, 0.2) is 21.7 Å². The number of carbonyl (C=O) groups is 2. The van der Waals surface area contributed by atoms with Gasteiger partial charge in [0.1, 0.15) is 10.3 Å². The highest BCUT2D eigenvalue weighted by Crippen LogP contribution is 2.23. The van der Waals surface area contributed by atoms with Gasteiger partial charge >= 0.3 is 5.97 Å².